The minimum atomic E-state index is -4.26. The molecule has 0 fully saturated rings. The van der Waals surface area contributed by atoms with Crippen LogP contribution in [0.15, 0.2) is 0 Å². The number of rotatable bonds is 5. The highest BCUT2D eigenvalue weighted by Crippen LogP contribution is 2.21. The van der Waals surface area contributed by atoms with Crippen molar-refractivity contribution in [2.75, 3.05) is 20.1 Å². The van der Waals surface area contributed by atoms with Gasteiger partial charge in [0, 0.05) is 20.0 Å². The summed E-state index contributed by atoms with van der Waals surface area (Å²) in [6.07, 6.45) is -5.19. The van der Waals surface area contributed by atoms with E-state index in [0.717, 1.165) is 0 Å². The zero-order valence-electron chi connectivity index (χ0n) is 8.10. The summed E-state index contributed by atoms with van der Waals surface area (Å²) in [5, 5.41) is 0. The van der Waals surface area contributed by atoms with Crippen LogP contribution in [0.1, 0.15) is 19.3 Å². The fourth-order valence-corrected chi connectivity index (χ4v) is 0.893. The largest absolute Gasteiger partial charge is 0.389 e. The summed E-state index contributed by atoms with van der Waals surface area (Å²) in [5.41, 5.74) is 5.20. The quantitative estimate of drug-likeness (QED) is 0.742. The highest BCUT2D eigenvalue weighted by atomic mass is 19.4. The molecule has 0 spiro atoms. The van der Waals surface area contributed by atoms with Crippen molar-refractivity contribution < 1.29 is 18.0 Å². The van der Waals surface area contributed by atoms with E-state index in [2.05, 4.69) is 0 Å². The topological polar surface area (TPSA) is 46.3 Å². The number of hydrogen-bond acceptors (Lipinski definition) is 2. The van der Waals surface area contributed by atoms with Gasteiger partial charge < -0.3 is 10.6 Å². The summed E-state index contributed by atoms with van der Waals surface area (Å²) in [7, 11) is 1.48. The lowest BCUT2D eigenvalue weighted by molar-refractivity contribution is -0.148. The lowest BCUT2D eigenvalue weighted by Gasteiger charge is -2.16. The number of alkyl halides is 3. The van der Waals surface area contributed by atoms with Crippen LogP contribution in [-0.2, 0) is 4.79 Å². The van der Waals surface area contributed by atoms with Gasteiger partial charge in [-0.05, 0) is 13.0 Å². The van der Waals surface area contributed by atoms with Gasteiger partial charge >= 0.3 is 6.18 Å². The number of carbonyl (C=O) groups is 1. The third kappa shape index (κ3) is 6.71. The van der Waals surface area contributed by atoms with E-state index < -0.39 is 24.9 Å². The molecule has 0 aliphatic rings. The minimum absolute atomic E-state index is 0.410. The lowest BCUT2D eigenvalue weighted by atomic mass is 10.2. The summed E-state index contributed by atoms with van der Waals surface area (Å²) in [6, 6.07) is 0. The highest BCUT2D eigenvalue weighted by molar-refractivity contribution is 5.75. The maximum atomic E-state index is 11.7. The molecule has 1 amide bonds. The third-order valence-electron chi connectivity index (χ3n) is 1.75. The Kier molecular flexibility index (Phi) is 5.52. The van der Waals surface area contributed by atoms with Crippen LogP contribution in [0, 0.1) is 0 Å². The van der Waals surface area contributed by atoms with E-state index in [9.17, 15) is 18.0 Å². The van der Waals surface area contributed by atoms with Crippen LogP contribution in [0.25, 0.3) is 0 Å². The Bertz CT molecular complexity index is 182. The number of halogens is 3. The molecule has 0 saturated heterocycles. The smallest absolute Gasteiger partial charge is 0.346 e. The SMILES string of the molecule is CN(CCCN)C(=O)CCC(F)(F)F. The molecule has 2 N–H and O–H groups in total. The van der Waals surface area contributed by atoms with Crippen LogP contribution in [0.5, 0.6) is 0 Å². The molecule has 0 bridgehead atoms. The van der Waals surface area contributed by atoms with Gasteiger partial charge in [-0.3, -0.25) is 4.79 Å². The Labute approximate surface area is 81.1 Å². The molecule has 3 nitrogen and oxygen atoms in total. The van der Waals surface area contributed by atoms with Gasteiger partial charge in [-0.25, -0.2) is 0 Å². The van der Waals surface area contributed by atoms with Crippen molar-refractivity contribution in [2.24, 2.45) is 5.73 Å². The van der Waals surface area contributed by atoms with E-state index >= 15 is 0 Å². The summed E-state index contributed by atoms with van der Waals surface area (Å²) < 4.78 is 35.2. The van der Waals surface area contributed by atoms with Gasteiger partial charge in [-0.2, -0.15) is 13.2 Å². The molecule has 0 heterocycles. The second-order valence-electron chi connectivity index (χ2n) is 3.07. The first kappa shape index (κ1) is 13.2. The van der Waals surface area contributed by atoms with E-state index in [0.29, 0.717) is 19.5 Å². The van der Waals surface area contributed by atoms with Crippen LogP contribution in [-0.4, -0.2) is 37.1 Å². The molecule has 0 aliphatic heterocycles. The first-order valence-electron chi connectivity index (χ1n) is 4.37. The number of nitrogens with two attached hydrogens (primary N) is 1. The van der Waals surface area contributed by atoms with Crippen molar-refractivity contribution in [3.05, 3.63) is 0 Å². The Balaban J connectivity index is 3.73. The van der Waals surface area contributed by atoms with Gasteiger partial charge in [0.05, 0.1) is 6.42 Å². The standard InChI is InChI=1S/C8H15F3N2O/c1-13(6-2-5-12)7(14)3-4-8(9,10)11/h2-6,12H2,1H3. The molecule has 0 aromatic carbocycles. The fraction of sp³-hybridized carbons (Fsp3) is 0.875. The zero-order chi connectivity index (χ0) is 11.2. The Morgan fingerprint density at radius 2 is 2.00 bits per heavy atom. The first-order valence-corrected chi connectivity index (χ1v) is 4.37. The first-order chi connectivity index (χ1) is 6.37. The van der Waals surface area contributed by atoms with Crippen LogP contribution in [0.2, 0.25) is 0 Å². The maximum absolute atomic E-state index is 11.7. The zero-order valence-corrected chi connectivity index (χ0v) is 8.10. The molecular weight excluding hydrogens is 197 g/mol. The normalized spacial score (nSPS) is 11.5. The highest BCUT2D eigenvalue weighted by Gasteiger charge is 2.28. The third-order valence-corrected chi connectivity index (χ3v) is 1.75. The second-order valence-corrected chi connectivity index (χ2v) is 3.07. The minimum Gasteiger partial charge on any atom is -0.346 e. The molecule has 0 unspecified atom stereocenters. The van der Waals surface area contributed by atoms with Crippen LogP contribution < -0.4 is 5.73 Å². The fourth-order valence-electron chi connectivity index (χ4n) is 0.893. The van der Waals surface area contributed by atoms with E-state index in [1.165, 1.54) is 11.9 Å². The molecule has 0 radical (unpaired) electrons. The summed E-state index contributed by atoms with van der Waals surface area (Å²) in [4.78, 5) is 12.4. The summed E-state index contributed by atoms with van der Waals surface area (Å²) >= 11 is 0. The Hall–Kier alpha value is -0.780. The molecule has 84 valence electrons. The summed E-state index contributed by atoms with van der Waals surface area (Å²) in [5.74, 6) is -0.490. The molecule has 0 aromatic heterocycles. The predicted molar refractivity (Wildman–Crippen MR) is 46.6 cm³/mol. The van der Waals surface area contributed by atoms with E-state index in [4.69, 9.17) is 5.73 Å². The molecular formula is C8H15F3N2O. The average Bonchev–Trinajstić information content (AvgIpc) is 2.09. The summed E-state index contributed by atoms with van der Waals surface area (Å²) in [6.45, 7) is 0.837. The van der Waals surface area contributed by atoms with Crippen LogP contribution in [0.3, 0.4) is 0 Å². The van der Waals surface area contributed by atoms with Crippen molar-refractivity contribution in [3.63, 3.8) is 0 Å². The van der Waals surface area contributed by atoms with Gasteiger partial charge in [0.15, 0.2) is 0 Å². The maximum Gasteiger partial charge on any atom is 0.389 e. The van der Waals surface area contributed by atoms with Crippen molar-refractivity contribution in [3.8, 4) is 0 Å². The van der Waals surface area contributed by atoms with Gasteiger partial charge in [0.25, 0.3) is 0 Å². The number of carbonyl (C=O) groups excluding carboxylic acids is 1. The molecule has 0 aliphatic carbocycles. The van der Waals surface area contributed by atoms with Crippen molar-refractivity contribution in [1.29, 1.82) is 0 Å². The van der Waals surface area contributed by atoms with E-state index in [1.807, 2.05) is 0 Å². The van der Waals surface area contributed by atoms with Gasteiger partial charge in [0.1, 0.15) is 0 Å². The number of amides is 1. The van der Waals surface area contributed by atoms with Gasteiger partial charge in [0.2, 0.25) is 5.91 Å². The van der Waals surface area contributed by atoms with Crippen molar-refractivity contribution in [1.82, 2.24) is 4.90 Å². The molecule has 0 aromatic rings. The molecule has 6 heteroatoms. The lowest BCUT2D eigenvalue weighted by Crippen LogP contribution is -2.29. The predicted octanol–water partition coefficient (Wildman–Crippen LogP) is 1.14. The monoisotopic (exact) mass is 212 g/mol. The average molecular weight is 212 g/mol. The Morgan fingerprint density at radius 1 is 1.43 bits per heavy atom. The molecule has 0 atom stereocenters. The Morgan fingerprint density at radius 3 is 2.43 bits per heavy atom. The molecule has 0 rings (SSSR count). The molecule has 0 saturated carbocycles. The van der Waals surface area contributed by atoms with E-state index in [1.54, 1.807) is 0 Å². The van der Waals surface area contributed by atoms with Gasteiger partial charge in [-0.1, -0.05) is 0 Å². The number of hydrogen-bond donors (Lipinski definition) is 1. The van der Waals surface area contributed by atoms with Crippen molar-refractivity contribution >= 4 is 5.91 Å². The van der Waals surface area contributed by atoms with Crippen LogP contribution >= 0.6 is 0 Å². The number of nitrogens with zero attached hydrogens (tertiary/aromatic N) is 1. The second kappa shape index (κ2) is 5.85. The van der Waals surface area contributed by atoms with Gasteiger partial charge in [-0.15, -0.1) is 0 Å². The molecule has 14 heavy (non-hydrogen) atoms. The van der Waals surface area contributed by atoms with Crippen molar-refractivity contribution in [2.45, 2.75) is 25.4 Å². The van der Waals surface area contributed by atoms with E-state index in [-0.39, 0.29) is 0 Å². The van der Waals surface area contributed by atoms with Crippen LogP contribution in [0.4, 0.5) is 13.2 Å².